The van der Waals surface area contributed by atoms with E-state index in [-0.39, 0.29) is 43.0 Å². The first kappa shape index (κ1) is 14.5. The maximum atomic E-state index is 12.3. The minimum Gasteiger partial charge on any atom is -0.480 e. The lowest BCUT2D eigenvalue weighted by molar-refractivity contribution is -0.147. The molecular formula is C13H19NO4. The Morgan fingerprint density at radius 3 is 2.33 bits per heavy atom. The molecule has 1 fully saturated rings. The van der Waals surface area contributed by atoms with Crippen LogP contribution in [0, 0.1) is 24.2 Å². The van der Waals surface area contributed by atoms with Gasteiger partial charge in [-0.05, 0) is 19.8 Å². The average Bonchev–Trinajstić information content (AvgIpc) is 2.51. The van der Waals surface area contributed by atoms with Crippen molar-refractivity contribution in [3.8, 4) is 12.3 Å². The number of hydrogen-bond donors (Lipinski definition) is 1. The van der Waals surface area contributed by atoms with Gasteiger partial charge in [-0.2, -0.15) is 0 Å². The average molecular weight is 253 g/mol. The lowest BCUT2D eigenvalue weighted by Gasteiger charge is -2.25. The van der Waals surface area contributed by atoms with Gasteiger partial charge in [0.15, 0.2) is 0 Å². The summed E-state index contributed by atoms with van der Waals surface area (Å²) in [5, 5.41) is 8.79. The Kier molecular flexibility index (Phi) is 4.74. The molecule has 1 saturated heterocycles. The molecule has 1 aliphatic heterocycles. The lowest BCUT2D eigenvalue weighted by Crippen LogP contribution is -2.43. The number of nitrogens with zero attached hydrogens (tertiary/aromatic N) is 1. The third-order valence-corrected chi connectivity index (χ3v) is 3.45. The molecule has 100 valence electrons. The number of ether oxygens (including phenoxy) is 1. The molecule has 0 aromatic carbocycles. The number of aliphatic carboxylic acids is 1. The van der Waals surface area contributed by atoms with Crippen LogP contribution in [0.25, 0.3) is 0 Å². The van der Waals surface area contributed by atoms with E-state index < -0.39 is 5.97 Å². The van der Waals surface area contributed by atoms with Crippen LogP contribution in [-0.4, -0.2) is 47.2 Å². The molecule has 0 aromatic heterocycles. The van der Waals surface area contributed by atoms with Crippen LogP contribution in [0.1, 0.15) is 20.8 Å². The summed E-state index contributed by atoms with van der Waals surface area (Å²) in [6, 6.07) is 0. The quantitative estimate of drug-likeness (QED) is 0.745. The third kappa shape index (κ3) is 3.02. The molecule has 0 spiro atoms. The number of carbonyl (C=O) groups excluding carboxylic acids is 1. The van der Waals surface area contributed by atoms with Crippen molar-refractivity contribution in [2.24, 2.45) is 11.8 Å². The van der Waals surface area contributed by atoms with Crippen molar-refractivity contribution in [1.82, 2.24) is 4.90 Å². The van der Waals surface area contributed by atoms with E-state index in [9.17, 15) is 9.59 Å². The smallest absolute Gasteiger partial charge is 0.323 e. The van der Waals surface area contributed by atoms with Gasteiger partial charge in [-0.3, -0.25) is 9.59 Å². The van der Waals surface area contributed by atoms with Crippen LogP contribution in [0.5, 0.6) is 0 Å². The van der Waals surface area contributed by atoms with Gasteiger partial charge in [0.05, 0.1) is 24.7 Å². The second-order valence-corrected chi connectivity index (χ2v) is 4.72. The summed E-state index contributed by atoms with van der Waals surface area (Å²) in [6.45, 7) is 5.32. The molecule has 1 amide bonds. The van der Waals surface area contributed by atoms with Crippen LogP contribution in [0.3, 0.4) is 0 Å². The summed E-state index contributed by atoms with van der Waals surface area (Å²) in [6.07, 6.45) is 4.95. The van der Waals surface area contributed by atoms with Crippen LogP contribution in [0.4, 0.5) is 0 Å². The zero-order chi connectivity index (χ0) is 13.9. The number of carbonyl (C=O) groups is 2. The zero-order valence-electron chi connectivity index (χ0n) is 10.9. The molecule has 0 aliphatic carbocycles. The Morgan fingerprint density at radius 1 is 1.33 bits per heavy atom. The molecule has 4 unspecified atom stereocenters. The number of carboxylic acids is 1. The summed E-state index contributed by atoms with van der Waals surface area (Å²) in [7, 11) is 0. The molecule has 1 heterocycles. The van der Waals surface area contributed by atoms with E-state index in [1.807, 2.05) is 20.8 Å². The van der Waals surface area contributed by atoms with E-state index in [0.717, 1.165) is 0 Å². The van der Waals surface area contributed by atoms with Crippen LogP contribution in [-0.2, 0) is 14.3 Å². The van der Waals surface area contributed by atoms with Crippen LogP contribution in [0.15, 0.2) is 0 Å². The van der Waals surface area contributed by atoms with Crippen molar-refractivity contribution in [2.45, 2.75) is 33.0 Å². The predicted molar refractivity (Wildman–Crippen MR) is 65.7 cm³/mol. The molecule has 18 heavy (non-hydrogen) atoms. The van der Waals surface area contributed by atoms with Gasteiger partial charge in [-0.1, -0.05) is 12.8 Å². The van der Waals surface area contributed by atoms with Gasteiger partial charge in [-0.15, -0.1) is 6.42 Å². The first-order valence-electron chi connectivity index (χ1n) is 5.98. The third-order valence-electron chi connectivity index (χ3n) is 3.45. The van der Waals surface area contributed by atoms with Crippen molar-refractivity contribution < 1.29 is 19.4 Å². The molecule has 0 radical (unpaired) electrons. The van der Waals surface area contributed by atoms with Crippen molar-refractivity contribution >= 4 is 11.9 Å². The fourth-order valence-corrected chi connectivity index (χ4v) is 2.39. The molecule has 1 N–H and O–H groups in total. The van der Waals surface area contributed by atoms with Gasteiger partial charge >= 0.3 is 5.97 Å². The van der Waals surface area contributed by atoms with E-state index in [1.54, 1.807) is 0 Å². The summed E-state index contributed by atoms with van der Waals surface area (Å²) in [4.78, 5) is 24.3. The van der Waals surface area contributed by atoms with Crippen molar-refractivity contribution in [2.75, 3.05) is 13.1 Å². The van der Waals surface area contributed by atoms with Gasteiger partial charge in [0.2, 0.25) is 5.91 Å². The van der Waals surface area contributed by atoms with Crippen molar-refractivity contribution in [1.29, 1.82) is 0 Å². The van der Waals surface area contributed by atoms with E-state index in [1.165, 1.54) is 4.90 Å². The van der Waals surface area contributed by atoms with Crippen LogP contribution >= 0.6 is 0 Å². The van der Waals surface area contributed by atoms with Gasteiger partial charge in [0.25, 0.3) is 0 Å². The Morgan fingerprint density at radius 2 is 1.94 bits per heavy atom. The van der Waals surface area contributed by atoms with E-state index in [0.29, 0.717) is 0 Å². The fourth-order valence-electron chi connectivity index (χ4n) is 2.39. The molecule has 0 saturated carbocycles. The Hall–Kier alpha value is -1.54. The molecular weight excluding hydrogens is 234 g/mol. The van der Waals surface area contributed by atoms with Crippen molar-refractivity contribution in [3.63, 3.8) is 0 Å². The van der Waals surface area contributed by atoms with E-state index >= 15 is 0 Å². The monoisotopic (exact) mass is 253 g/mol. The van der Waals surface area contributed by atoms with Crippen LogP contribution in [0.2, 0.25) is 0 Å². The summed E-state index contributed by atoms with van der Waals surface area (Å²) >= 11 is 0. The van der Waals surface area contributed by atoms with E-state index in [2.05, 4.69) is 5.92 Å². The predicted octanol–water partition coefficient (Wildman–Crippen LogP) is 0.592. The van der Waals surface area contributed by atoms with Crippen molar-refractivity contribution in [3.05, 3.63) is 0 Å². The standard InChI is InChI=1S/C13H19NO4/c1-5-6-14(7-11(15)16)13(17)12-8(2)9(3)18-10(12)4/h1,8-10,12H,6-7H2,2-4H3,(H,15,16). The maximum absolute atomic E-state index is 12.3. The molecule has 5 nitrogen and oxygen atoms in total. The highest BCUT2D eigenvalue weighted by Crippen LogP contribution is 2.33. The van der Waals surface area contributed by atoms with Gasteiger partial charge in [-0.25, -0.2) is 0 Å². The number of amides is 1. The first-order valence-corrected chi connectivity index (χ1v) is 5.98. The number of hydrogen-bond acceptors (Lipinski definition) is 3. The summed E-state index contributed by atoms with van der Waals surface area (Å²) < 4.78 is 5.59. The van der Waals surface area contributed by atoms with Gasteiger partial charge in [0, 0.05) is 0 Å². The molecule has 0 bridgehead atoms. The second-order valence-electron chi connectivity index (χ2n) is 4.72. The molecule has 0 aromatic rings. The minimum atomic E-state index is -1.06. The first-order chi connectivity index (χ1) is 8.38. The van der Waals surface area contributed by atoms with E-state index in [4.69, 9.17) is 16.3 Å². The highest BCUT2D eigenvalue weighted by Gasteiger charge is 2.43. The molecule has 1 rings (SSSR count). The molecule has 1 aliphatic rings. The highest BCUT2D eigenvalue weighted by atomic mass is 16.5. The Balaban J connectivity index is 2.83. The number of terminal acetylenes is 1. The molecule has 5 heteroatoms. The largest absolute Gasteiger partial charge is 0.480 e. The normalized spacial score (nSPS) is 30.8. The summed E-state index contributed by atoms with van der Waals surface area (Å²) in [5.41, 5.74) is 0. The Bertz CT molecular complexity index is 374. The fraction of sp³-hybridized carbons (Fsp3) is 0.692. The zero-order valence-corrected chi connectivity index (χ0v) is 10.9. The van der Waals surface area contributed by atoms with Gasteiger partial charge in [0.1, 0.15) is 6.54 Å². The van der Waals surface area contributed by atoms with Gasteiger partial charge < -0.3 is 14.7 Å². The maximum Gasteiger partial charge on any atom is 0.323 e. The second kappa shape index (κ2) is 5.87. The topological polar surface area (TPSA) is 66.8 Å². The lowest BCUT2D eigenvalue weighted by atomic mass is 9.88. The molecule has 4 atom stereocenters. The minimum absolute atomic E-state index is 0.00790. The number of rotatable bonds is 4. The number of carboxylic acid groups (broad SMARTS) is 1. The highest BCUT2D eigenvalue weighted by molar-refractivity contribution is 5.84. The Labute approximate surface area is 107 Å². The summed E-state index contributed by atoms with van der Waals surface area (Å²) in [5.74, 6) is 0.750. The van der Waals surface area contributed by atoms with Crippen LogP contribution < -0.4 is 0 Å². The SMILES string of the molecule is C#CCN(CC(=O)O)C(=O)C1C(C)OC(C)C1C.